The van der Waals surface area contributed by atoms with Gasteiger partial charge in [-0.15, -0.1) is 0 Å². The highest BCUT2D eigenvalue weighted by atomic mass is 16.4. The molecule has 0 aromatic rings. The Labute approximate surface area is 103 Å². The topological polar surface area (TPSA) is 43.8 Å². The first-order chi connectivity index (χ1) is 8.22. The van der Waals surface area contributed by atoms with Crippen molar-refractivity contribution in [2.24, 2.45) is 11.8 Å². The van der Waals surface area contributed by atoms with Gasteiger partial charge in [0, 0.05) is 25.6 Å². The van der Waals surface area contributed by atoms with Crippen LogP contribution in [0.4, 0.5) is 0 Å². The van der Waals surface area contributed by atoms with Crippen LogP contribution >= 0.6 is 0 Å². The summed E-state index contributed by atoms with van der Waals surface area (Å²) in [5, 5.41) is 8.85. The summed E-state index contributed by atoms with van der Waals surface area (Å²) in [5.41, 5.74) is 0. The second-order valence-electron chi connectivity index (χ2n) is 5.95. The summed E-state index contributed by atoms with van der Waals surface area (Å²) >= 11 is 0. The number of fused-ring (bicyclic) bond motifs is 3. The fraction of sp³-hybridized carbons (Fsp3) is 0.923. The average Bonchev–Trinajstić information content (AvgIpc) is 2.78. The maximum atomic E-state index is 10.7. The molecule has 4 aliphatic heterocycles. The third-order valence-corrected chi connectivity index (χ3v) is 4.87. The first-order valence-electron chi connectivity index (χ1n) is 6.90. The fourth-order valence-corrected chi connectivity index (χ4v) is 3.92. The summed E-state index contributed by atoms with van der Waals surface area (Å²) in [6.45, 7) is 5.93. The molecule has 0 aromatic heterocycles. The van der Waals surface area contributed by atoms with Crippen molar-refractivity contribution in [1.29, 1.82) is 0 Å². The van der Waals surface area contributed by atoms with Crippen molar-refractivity contribution >= 4 is 5.97 Å². The van der Waals surface area contributed by atoms with E-state index in [-0.39, 0.29) is 0 Å². The van der Waals surface area contributed by atoms with E-state index in [1.165, 1.54) is 32.5 Å². The summed E-state index contributed by atoms with van der Waals surface area (Å²) in [4.78, 5) is 15.9. The molecular formula is C13H22N2O2. The first kappa shape index (κ1) is 11.5. The Hall–Kier alpha value is -0.610. The van der Waals surface area contributed by atoms with Gasteiger partial charge in [-0.1, -0.05) is 0 Å². The highest BCUT2D eigenvalue weighted by Crippen LogP contribution is 2.34. The molecule has 0 aliphatic carbocycles. The molecule has 4 aliphatic rings. The molecule has 17 heavy (non-hydrogen) atoms. The van der Waals surface area contributed by atoms with Crippen molar-refractivity contribution < 1.29 is 9.90 Å². The van der Waals surface area contributed by atoms with Gasteiger partial charge in [0.05, 0.1) is 0 Å². The molecule has 4 fully saturated rings. The van der Waals surface area contributed by atoms with Gasteiger partial charge in [-0.2, -0.15) is 0 Å². The number of carboxylic acids is 1. The molecule has 4 heterocycles. The Kier molecular flexibility index (Phi) is 3.09. The van der Waals surface area contributed by atoms with Crippen LogP contribution in [0.2, 0.25) is 0 Å². The lowest BCUT2D eigenvalue weighted by Gasteiger charge is -2.48. The van der Waals surface area contributed by atoms with E-state index < -0.39 is 5.97 Å². The highest BCUT2D eigenvalue weighted by molar-refractivity contribution is 5.67. The zero-order valence-electron chi connectivity index (χ0n) is 10.3. The van der Waals surface area contributed by atoms with Crippen LogP contribution in [0.15, 0.2) is 0 Å². The van der Waals surface area contributed by atoms with Crippen LogP contribution in [0.25, 0.3) is 0 Å². The predicted octanol–water partition coefficient (Wildman–Crippen LogP) is 0.877. The van der Waals surface area contributed by atoms with Gasteiger partial charge >= 0.3 is 5.97 Å². The maximum absolute atomic E-state index is 10.7. The number of rotatable bonds is 3. The minimum absolute atomic E-state index is 0.359. The van der Waals surface area contributed by atoms with E-state index in [0.717, 1.165) is 31.5 Å². The van der Waals surface area contributed by atoms with Crippen LogP contribution in [0, 0.1) is 11.8 Å². The van der Waals surface area contributed by atoms with E-state index in [4.69, 9.17) is 5.11 Å². The average molecular weight is 238 g/mol. The fourth-order valence-electron chi connectivity index (χ4n) is 3.92. The van der Waals surface area contributed by atoms with Crippen LogP contribution in [0.3, 0.4) is 0 Å². The van der Waals surface area contributed by atoms with Gasteiger partial charge in [-0.05, 0) is 50.7 Å². The largest absolute Gasteiger partial charge is 0.481 e. The van der Waals surface area contributed by atoms with Crippen molar-refractivity contribution in [2.45, 2.75) is 31.7 Å². The summed E-state index contributed by atoms with van der Waals surface area (Å²) in [6.07, 6.45) is 4.14. The minimum atomic E-state index is -0.634. The first-order valence-corrected chi connectivity index (χ1v) is 6.90. The Balaban J connectivity index is 1.57. The molecule has 96 valence electrons. The van der Waals surface area contributed by atoms with Gasteiger partial charge < -0.3 is 10.0 Å². The van der Waals surface area contributed by atoms with Crippen LogP contribution in [0.5, 0.6) is 0 Å². The lowest BCUT2D eigenvalue weighted by molar-refractivity contribution is -0.138. The molecule has 1 N–H and O–H groups in total. The van der Waals surface area contributed by atoms with Crippen molar-refractivity contribution in [1.82, 2.24) is 9.80 Å². The van der Waals surface area contributed by atoms with Crippen molar-refractivity contribution in [2.75, 3.05) is 32.7 Å². The van der Waals surface area contributed by atoms with Crippen LogP contribution in [-0.4, -0.2) is 59.6 Å². The second-order valence-corrected chi connectivity index (χ2v) is 5.95. The van der Waals surface area contributed by atoms with Gasteiger partial charge in [0.25, 0.3) is 0 Å². The van der Waals surface area contributed by atoms with E-state index in [2.05, 4.69) is 9.80 Å². The van der Waals surface area contributed by atoms with Crippen molar-refractivity contribution in [3.8, 4) is 0 Å². The Morgan fingerprint density at radius 1 is 1.12 bits per heavy atom. The smallest absolute Gasteiger partial charge is 0.303 e. The molecule has 0 radical (unpaired) electrons. The Morgan fingerprint density at radius 2 is 1.88 bits per heavy atom. The number of aliphatic carboxylic acids is 1. The normalized spacial score (nSPS) is 41.9. The number of hydrogen-bond acceptors (Lipinski definition) is 3. The molecular weight excluding hydrogens is 216 g/mol. The Morgan fingerprint density at radius 3 is 2.47 bits per heavy atom. The number of hydrogen-bond donors (Lipinski definition) is 1. The number of carbonyl (C=O) groups is 1. The minimum Gasteiger partial charge on any atom is -0.481 e. The predicted molar refractivity (Wildman–Crippen MR) is 64.9 cm³/mol. The van der Waals surface area contributed by atoms with E-state index in [1.807, 2.05) is 0 Å². The molecule has 0 saturated carbocycles. The van der Waals surface area contributed by atoms with E-state index in [9.17, 15) is 4.79 Å². The molecule has 0 spiro atoms. The van der Waals surface area contributed by atoms with Crippen LogP contribution in [0.1, 0.15) is 25.7 Å². The summed E-state index contributed by atoms with van der Waals surface area (Å²) in [6, 6.07) is 0.719. The molecule has 4 saturated heterocycles. The molecule has 0 aromatic carbocycles. The molecule has 2 atom stereocenters. The third-order valence-electron chi connectivity index (χ3n) is 4.87. The Bertz CT molecular complexity index is 300. The van der Waals surface area contributed by atoms with Gasteiger partial charge in [0.15, 0.2) is 0 Å². The number of nitrogens with zero attached hydrogens (tertiary/aromatic N) is 2. The molecule has 4 rings (SSSR count). The molecule has 2 bridgehead atoms. The summed E-state index contributed by atoms with van der Waals surface area (Å²) in [5.74, 6) is 0.636. The summed E-state index contributed by atoms with van der Waals surface area (Å²) < 4.78 is 0. The van der Waals surface area contributed by atoms with Gasteiger partial charge in [-0.25, -0.2) is 0 Å². The van der Waals surface area contributed by atoms with Gasteiger partial charge in [0.2, 0.25) is 0 Å². The molecule has 4 heteroatoms. The third kappa shape index (κ3) is 2.33. The highest BCUT2D eigenvalue weighted by Gasteiger charge is 2.39. The summed E-state index contributed by atoms with van der Waals surface area (Å²) in [7, 11) is 0. The second kappa shape index (κ2) is 4.58. The van der Waals surface area contributed by atoms with Gasteiger partial charge in [0.1, 0.15) is 0 Å². The van der Waals surface area contributed by atoms with Gasteiger partial charge in [-0.3, -0.25) is 9.69 Å². The van der Waals surface area contributed by atoms with Crippen molar-refractivity contribution in [3.63, 3.8) is 0 Å². The zero-order chi connectivity index (χ0) is 11.8. The standard InChI is InChI=1S/C13H22N2O2/c16-13(17)7-10-1-6-15(8-10)12-9-14-4-2-11(12)3-5-14/h10-12H,1-9H2,(H,16,17). The number of carboxylic acid groups (broad SMARTS) is 1. The number of piperidine rings is 3. The quantitative estimate of drug-likeness (QED) is 0.792. The van der Waals surface area contributed by atoms with E-state index >= 15 is 0 Å². The van der Waals surface area contributed by atoms with Crippen LogP contribution < -0.4 is 0 Å². The lowest BCUT2D eigenvalue weighted by atomic mass is 9.83. The molecule has 4 nitrogen and oxygen atoms in total. The monoisotopic (exact) mass is 238 g/mol. The van der Waals surface area contributed by atoms with Crippen molar-refractivity contribution in [3.05, 3.63) is 0 Å². The zero-order valence-corrected chi connectivity index (χ0v) is 10.3. The van der Waals surface area contributed by atoms with E-state index in [0.29, 0.717) is 12.3 Å². The molecule has 2 unspecified atom stereocenters. The maximum Gasteiger partial charge on any atom is 0.303 e. The van der Waals surface area contributed by atoms with Crippen LogP contribution in [-0.2, 0) is 4.79 Å². The SMILES string of the molecule is O=C(O)CC1CCN(C2CN3CCC2CC3)C1. The molecule has 0 amide bonds. The lowest BCUT2D eigenvalue weighted by Crippen LogP contribution is -2.56. The number of likely N-dealkylation sites (tertiary alicyclic amines) is 1. The van der Waals surface area contributed by atoms with E-state index in [1.54, 1.807) is 0 Å².